The Balaban J connectivity index is 1.38. The van der Waals surface area contributed by atoms with Gasteiger partial charge in [-0.2, -0.15) is 8.78 Å². The molecule has 1 N–H and O–H groups in total. The van der Waals surface area contributed by atoms with Crippen molar-refractivity contribution in [3.8, 4) is 5.75 Å². The molecule has 0 radical (unpaired) electrons. The van der Waals surface area contributed by atoms with E-state index in [1.165, 1.54) is 24.3 Å². The van der Waals surface area contributed by atoms with Crippen molar-refractivity contribution in [2.75, 3.05) is 44.2 Å². The zero-order valence-electron chi connectivity index (χ0n) is 16.7. The van der Waals surface area contributed by atoms with Crippen molar-refractivity contribution in [2.45, 2.75) is 19.5 Å². The smallest absolute Gasteiger partial charge is 0.387 e. The van der Waals surface area contributed by atoms with Gasteiger partial charge in [-0.25, -0.2) is 4.39 Å². The minimum absolute atomic E-state index is 0.0390. The number of benzene rings is 2. The highest BCUT2D eigenvalue weighted by atomic mass is 19.3. The molecule has 1 saturated heterocycles. The largest absolute Gasteiger partial charge is 0.435 e. The number of rotatable bonds is 8. The van der Waals surface area contributed by atoms with E-state index in [1.54, 1.807) is 24.3 Å². The van der Waals surface area contributed by atoms with Crippen LogP contribution in [-0.4, -0.2) is 56.7 Å². The number of hydrogen-bond acceptors (Lipinski definition) is 4. The Morgan fingerprint density at radius 2 is 1.73 bits per heavy atom. The molecule has 0 spiro atoms. The summed E-state index contributed by atoms with van der Waals surface area (Å²) in [7, 11) is 0. The zero-order chi connectivity index (χ0) is 21.3. The van der Waals surface area contributed by atoms with Gasteiger partial charge in [-0.1, -0.05) is 12.1 Å². The summed E-state index contributed by atoms with van der Waals surface area (Å²) in [5, 5.41) is 2.91. The van der Waals surface area contributed by atoms with Crippen molar-refractivity contribution < 1.29 is 22.7 Å². The van der Waals surface area contributed by atoms with Crippen LogP contribution in [0.2, 0.25) is 0 Å². The Bertz CT molecular complexity index is 800. The van der Waals surface area contributed by atoms with E-state index < -0.39 is 6.61 Å². The summed E-state index contributed by atoms with van der Waals surface area (Å²) in [6.07, 6.45) is 1.54. The molecule has 1 heterocycles. The quantitative estimate of drug-likeness (QED) is 0.711. The van der Waals surface area contributed by atoms with Crippen LogP contribution in [0.1, 0.15) is 12.0 Å². The summed E-state index contributed by atoms with van der Waals surface area (Å²) in [4.78, 5) is 16.6. The molecular weight excluding hydrogens is 395 g/mol. The van der Waals surface area contributed by atoms with E-state index in [0.29, 0.717) is 19.5 Å². The summed E-state index contributed by atoms with van der Waals surface area (Å²) < 4.78 is 41.8. The first kappa shape index (κ1) is 22.0. The average Bonchev–Trinajstić information content (AvgIpc) is 2.95. The summed E-state index contributed by atoms with van der Waals surface area (Å²) in [5.41, 5.74) is 1.93. The Morgan fingerprint density at radius 1 is 1.00 bits per heavy atom. The van der Waals surface area contributed by atoms with E-state index in [9.17, 15) is 18.0 Å². The first-order valence-electron chi connectivity index (χ1n) is 10.0. The highest BCUT2D eigenvalue weighted by Gasteiger charge is 2.17. The van der Waals surface area contributed by atoms with Crippen LogP contribution in [0.25, 0.3) is 0 Å². The lowest BCUT2D eigenvalue weighted by Crippen LogP contribution is -2.39. The molecule has 30 heavy (non-hydrogen) atoms. The number of ether oxygens (including phenoxy) is 1. The van der Waals surface area contributed by atoms with Gasteiger partial charge in [-0.3, -0.25) is 9.69 Å². The summed E-state index contributed by atoms with van der Waals surface area (Å²) >= 11 is 0. The van der Waals surface area contributed by atoms with Gasteiger partial charge in [-0.05, 0) is 54.8 Å². The molecule has 8 heteroatoms. The highest BCUT2D eigenvalue weighted by molar-refractivity contribution is 5.78. The molecule has 162 valence electrons. The summed E-state index contributed by atoms with van der Waals surface area (Å²) in [6.45, 7) is 1.22. The van der Waals surface area contributed by atoms with Crippen molar-refractivity contribution in [1.82, 2.24) is 10.2 Å². The fourth-order valence-corrected chi connectivity index (χ4v) is 3.48. The third kappa shape index (κ3) is 6.95. The van der Waals surface area contributed by atoms with Gasteiger partial charge >= 0.3 is 6.61 Å². The molecule has 1 aliphatic heterocycles. The van der Waals surface area contributed by atoms with Crippen molar-refractivity contribution in [2.24, 2.45) is 0 Å². The van der Waals surface area contributed by atoms with E-state index in [0.717, 1.165) is 43.9 Å². The number of hydrogen-bond donors (Lipinski definition) is 1. The van der Waals surface area contributed by atoms with Crippen LogP contribution in [0.15, 0.2) is 48.5 Å². The van der Waals surface area contributed by atoms with Gasteiger partial charge in [0, 0.05) is 38.4 Å². The normalized spacial score (nSPS) is 15.1. The molecule has 0 saturated carbocycles. The molecular formula is C22H26F3N3O2. The second kappa shape index (κ2) is 10.9. The Morgan fingerprint density at radius 3 is 2.43 bits per heavy atom. The maximum atomic E-state index is 13.1. The number of alkyl halides is 2. The molecule has 3 rings (SSSR count). The monoisotopic (exact) mass is 421 g/mol. The first-order valence-corrected chi connectivity index (χ1v) is 10.0. The van der Waals surface area contributed by atoms with E-state index in [-0.39, 0.29) is 17.5 Å². The molecule has 2 aromatic carbocycles. The van der Waals surface area contributed by atoms with Gasteiger partial charge in [0.2, 0.25) is 5.91 Å². The van der Waals surface area contributed by atoms with E-state index in [4.69, 9.17) is 0 Å². The molecule has 5 nitrogen and oxygen atoms in total. The van der Waals surface area contributed by atoms with Crippen molar-refractivity contribution in [3.05, 3.63) is 59.9 Å². The lowest BCUT2D eigenvalue weighted by Gasteiger charge is -2.23. The topological polar surface area (TPSA) is 44.8 Å². The minimum Gasteiger partial charge on any atom is -0.435 e. The zero-order valence-corrected chi connectivity index (χ0v) is 16.7. The number of halogens is 3. The molecule has 1 fully saturated rings. The van der Waals surface area contributed by atoms with E-state index >= 15 is 0 Å². The van der Waals surface area contributed by atoms with Crippen LogP contribution >= 0.6 is 0 Å². The predicted octanol–water partition coefficient (Wildman–Crippen LogP) is 3.30. The second-order valence-electron chi connectivity index (χ2n) is 7.22. The van der Waals surface area contributed by atoms with Gasteiger partial charge in [0.1, 0.15) is 11.6 Å². The van der Waals surface area contributed by atoms with Gasteiger partial charge < -0.3 is 15.0 Å². The standard InChI is InChI=1S/C22H26F3N3O2/c23-18-4-6-19(7-5-18)28-13-1-12-27(14-15-28)16-21(29)26-11-10-17-2-8-20(9-3-17)30-22(24)25/h2-9,22H,1,10-16H2,(H,26,29). The Labute approximate surface area is 174 Å². The maximum absolute atomic E-state index is 13.1. The fraction of sp³-hybridized carbons (Fsp3) is 0.409. The van der Waals surface area contributed by atoms with Gasteiger partial charge in [-0.15, -0.1) is 0 Å². The molecule has 0 bridgehead atoms. The molecule has 1 aliphatic rings. The third-order valence-electron chi connectivity index (χ3n) is 5.03. The SMILES string of the molecule is O=C(CN1CCCN(c2ccc(F)cc2)CC1)NCCc1ccc(OC(F)F)cc1. The van der Waals surface area contributed by atoms with Gasteiger partial charge in [0.05, 0.1) is 6.54 Å². The minimum atomic E-state index is -2.84. The van der Waals surface area contributed by atoms with Gasteiger partial charge in [0.15, 0.2) is 0 Å². The Kier molecular flexibility index (Phi) is 7.96. The number of anilines is 1. The molecule has 0 unspecified atom stereocenters. The van der Waals surface area contributed by atoms with Crippen LogP contribution in [-0.2, 0) is 11.2 Å². The third-order valence-corrected chi connectivity index (χ3v) is 5.03. The first-order chi connectivity index (χ1) is 14.5. The predicted molar refractivity (Wildman–Crippen MR) is 109 cm³/mol. The number of carbonyl (C=O) groups is 1. The van der Waals surface area contributed by atoms with Crippen LogP contribution in [0.4, 0.5) is 18.9 Å². The fourth-order valence-electron chi connectivity index (χ4n) is 3.48. The molecule has 1 amide bonds. The second-order valence-corrected chi connectivity index (χ2v) is 7.22. The summed E-state index contributed by atoms with van der Waals surface area (Å²) in [5.74, 6) is -0.166. The van der Waals surface area contributed by atoms with Crippen molar-refractivity contribution >= 4 is 11.6 Å². The molecule has 2 aromatic rings. The lowest BCUT2D eigenvalue weighted by atomic mass is 10.1. The summed E-state index contributed by atoms with van der Waals surface area (Å²) in [6, 6.07) is 12.9. The van der Waals surface area contributed by atoms with Crippen LogP contribution in [0.3, 0.4) is 0 Å². The van der Waals surface area contributed by atoms with Crippen molar-refractivity contribution in [1.29, 1.82) is 0 Å². The Hall–Kier alpha value is -2.74. The molecule has 0 atom stereocenters. The maximum Gasteiger partial charge on any atom is 0.387 e. The molecule has 0 aromatic heterocycles. The number of amides is 1. The van der Waals surface area contributed by atoms with E-state index in [2.05, 4.69) is 19.9 Å². The van der Waals surface area contributed by atoms with Crippen LogP contribution < -0.4 is 15.0 Å². The number of nitrogens with one attached hydrogen (secondary N) is 1. The van der Waals surface area contributed by atoms with Crippen LogP contribution in [0, 0.1) is 5.82 Å². The highest BCUT2D eigenvalue weighted by Crippen LogP contribution is 2.17. The van der Waals surface area contributed by atoms with Gasteiger partial charge in [0.25, 0.3) is 0 Å². The van der Waals surface area contributed by atoms with Crippen LogP contribution in [0.5, 0.6) is 5.75 Å². The molecule has 0 aliphatic carbocycles. The van der Waals surface area contributed by atoms with E-state index in [1.807, 2.05) is 0 Å². The van der Waals surface area contributed by atoms with Crippen molar-refractivity contribution in [3.63, 3.8) is 0 Å². The lowest BCUT2D eigenvalue weighted by molar-refractivity contribution is -0.122. The number of carbonyl (C=O) groups excluding carboxylic acids is 1. The average molecular weight is 421 g/mol. The number of nitrogens with zero attached hydrogens (tertiary/aromatic N) is 2.